The van der Waals surface area contributed by atoms with Crippen molar-refractivity contribution in [2.24, 2.45) is 0 Å². The molecule has 1 atom stereocenters. The highest BCUT2D eigenvalue weighted by Gasteiger charge is 2.19. The molecule has 2 aliphatic heterocycles. The Morgan fingerprint density at radius 1 is 1.25 bits per heavy atom. The molecule has 0 saturated heterocycles. The summed E-state index contributed by atoms with van der Waals surface area (Å²) in [5, 5.41) is 0.415. The normalized spacial score (nSPS) is 12.5. The molecule has 0 amide bonds. The van der Waals surface area contributed by atoms with E-state index < -0.39 is 5.69 Å². The maximum Gasteiger partial charge on any atom is 0.352 e. The van der Waals surface area contributed by atoms with Gasteiger partial charge in [-0.15, -0.1) is 0 Å². The third kappa shape index (κ3) is 2.97. The summed E-state index contributed by atoms with van der Waals surface area (Å²) >= 11 is 5.80. The molecule has 0 bridgehead atoms. The van der Waals surface area contributed by atoms with E-state index in [0.717, 1.165) is 5.56 Å². The summed E-state index contributed by atoms with van der Waals surface area (Å²) in [5.41, 5.74) is 0.510. The molecule has 0 aromatic carbocycles. The summed E-state index contributed by atoms with van der Waals surface area (Å²) in [4.78, 5) is 33.2. The van der Waals surface area contributed by atoms with E-state index in [2.05, 4.69) is 9.97 Å². The van der Waals surface area contributed by atoms with Crippen LogP contribution >= 0.6 is 11.6 Å². The van der Waals surface area contributed by atoms with E-state index >= 15 is 0 Å². The minimum absolute atomic E-state index is 0.184. The number of pyridine rings is 2. The monoisotopic (exact) mass is 344 g/mol. The quantitative estimate of drug-likeness (QED) is 0.682. The van der Waals surface area contributed by atoms with Crippen molar-refractivity contribution < 1.29 is 0 Å². The molecule has 0 aliphatic carbocycles. The van der Waals surface area contributed by atoms with Gasteiger partial charge in [0.25, 0.3) is 5.56 Å². The van der Waals surface area contributed by atoms with E-state index in [1.807, 2.05) is 19.9 Å². The molecule has 1 aromatic heterocycles. The average Bonchev–Trinajstić information content (AvgIpc) is 2.57. The molecule has 1 aromatic rings. The van der Waals surface area contributed by atoms with E-state index in [1.165, 1.54) is 4.57 Å². The summed E-state index contributed by atoms with van der Waals surface area (Å²) in [6, 6.07) is 6.83. The predicted molar refractivity (Wildman–Crippen MR) is 92.7 cm³/mol. The van der Waals surface area contributed by atoms with Crippen LogP contribution in [0.3, 0.4) is 0 Å². The molecule has 0 N–H and O–H groups in total. The van der Waals surface area contributed by atoms with Crippen LogP contribution in [-0.4, -0.2) is 19.1 Å². The Morgan fingerprint density at radius 3 is 2.71 bits per heavy atom. The molecule has 0 saturated carbocycles. The van der Waals surface area contributed by atoms with Crippen LogP contribution in [0.2, 0.25) is 5.15 Å². The second-order valence-corrected chi connectivity index (χ2v) is 6.08. The van der Waals surface area contributed by atoms with Crippen molar-refractivity contribution in [2.45, 2.75) is 32.9 Å². The fourth-order valence-corrected chi connectivity index (χ4v) is 2.70. The molecule has 24 heavy (non-hydrogen) atoms. The Kier molecular flexibility index (Phi) is 4.49. The van der Waals surface area contributed by atoms with Gasteiger partial charge < -0.3 is 4.57 Å². The van der Waals surface area contributed by atoms with Crippen molar-refractivity contribution in [3.63, 3.8) is 0 Å². The number of halogens is 1. The molecule has 3 heterocycles. The first-order chi connectivity index (χ1) is 11.5. The maximum absolute atomic E-state index is 12.7. The lowest BCUT2D eigenvalue weighted by Crippen LogP contribution is -2.39. The van der Waals surface area contributed by atoms with Crippen molar-refractivity contribution in [2.75, 3.05) is 0 Å². The molecule has 0 fully saturated rings. The third-order valence-corrected chi connectivity index (χ3v) is 4.30. The van der Waals surface area contributed by atoms with Crippen LogP contribution in [0.25, 0.3) is 11.4 Å². The second-order valence-electron chi connectivity index (χ2n) is 5.69. The number of hydrogen-bond acceptors (Lipinski definition) is 4. The zero-order valence-electron chi connectivity index (χ0n) is 13.4. The van der Waals surface area contributed by atoms with Crippen LogP contribution in [0.5, 0.6) is 0 Å². The average molecular weight is 345 g/mol. The van der Waals surface area contributed by atoms with E-state index in [1.54, 1.807) is 35.2 Å². The van der Waals surface area contributed by atoms with Crippen LogP contribution < -0.4 is 11.2 Å². The van der Waals surface area contributed by atoms with Gasteiger partial charge in [-0.05, 0) is 37.1 Å². The van der Waals surface area contributed by atoms with E-state index in [-0.39, 0.29) is 11.6 Å². The lowest BCUT2D eigenvalue weighted by atomic mass is 10.2. The molecule has 6 nitrogen and oxygen atoms in total. The highest BCUT2D eigenvalue weighted by molar-refractivity contribution is 6.29. The predicted octanol–water partition coefficient (Wildman–Crippen LogP) is 2.58. The summed E-state index contributed by atoms with van der Waals surface area (Å²) in [6.45, 7) is 4.22. The topological polar surface area (TPSA) is 69.8 Å². The molecule has 1 unspecified atom stereocenters. The molecular weight excluding hydrogens is 328 g/mol. The summed E-state index contributed by atoms with van der Waals surface area (Å²) < 4.78 is 2.99. The Morgan fingerprint density at radius 2 is 2.04 bits per heavy atom. The summed E-state index contributed by atoms with van der Waals surface area (Å²) in [6.07, 6.45) is 4.13. The van der Waals surface area contributed by atoms with Crippen molar-refractivity contribution >= 4 is 11.6 Å². The fraction of sp³-hybridized carbons (Fsp3) is 0.294. The van der Waals surface area contributed by atoms with Gasteiger partial charge >= 0.3 is 5.69 Å². The zero-order chi connectivity index (χ0) is 17.3. The molecule has 2 aliphatic rings. The number of rotatable bonds is 4. The lowest BCUT2D eigenvalue weighted by Gasteiger charge is -2.17. The first-order valence-corrected chi connectivity index (χ1v) is 8.11. The second kappa shape index (κ2) is 6.57. The SMILES string of the molecule is CCC(C)n1c(=O)nc2n(Cc3ccc(Cl)nc3)cccc-2c1=O. The molecular formula is C17H17ClN4O2. The summed E-state index contributed by atoms with van der Waals surface area (Å²) in [7, 11) is 0. The van der Waals surface area contributed by atoms with Gasteiger partial charge in [-0.2, -0.15) is 4.98 Å². The Bertz CT molecular complexity index is 946. The molecule has 0 spiro atoms. The van der Waals surface area contributed by atoms with Crippen LogP contribution in [0.15, 0.2) is 46.2 Å². The smallest absolute Gasteiger partial charge is 0.328 e. The van der Waals surface area contributed by atoms with Gasteiger partial charge in [0.15, 0.2) is 5.82 Å². The first kappa shape index (κ1) is 16.4. The van der Waals surface area contributed by atoms with Crippen molar-refractivity contribution in [3.05, 3.63) is 68.2 Å². The Labute approximate surface area is 143 Å². The van der Waals surface area contributed by atoms with Crippen LogP contribution in [-0.2, 0) is 6.54 Å². The Balaban J connectivity index is 2.13. The van der Waals surface area contributed by atoms with E-state index in [0.29, 0.717) is 29.5 Å². The van der Waals surface area contributed by atoms with Crippen molar-refractivity contribution in [1.29, 1.82) is 0 Å². The van der Waals surface area contributed by atoms with E-state index in [4.69, 9.17) is 11.6 Å². The number of aromatic nitrogens is 4. The van der Waals surface area contributed by atoms with Gasteiger partial charge in [0.1, 0.15) is 5.15 Å². The van der Waals surface area contributed by atoms with Gasteiger partial charge in [-0.25, -0.2) is 9.78 Å². The highest BCUT2D eigenvalue weighted by Crippen LogP contribution is 2.16. The number of hydrogen-bond donors (Lipinski definition) is 0. The van der Waals surface area contributed by atoms with Crippen LogP contribution in [0.4, 0.5) is 0 Å². The highest BCUT2D eigenvalue weighted by atomic mass is 35.5. The first-order valence-electron chi connectivity index (χ1n) is 7.73. The molecule has 3 rings (SSSR count). The third-order valence-electron chi connectivity index (χ3n) is 4.07. The fourth-order valence-electron chi connectivity index (χ4n) is 2.59. The van der Waals surface area contributed by atoms with Gasteiger partial charge in [0.05, 0.1) is 12.1 Å². The van der Waals surface area contributed by atoms with Crippen LogP contribution in [0.1, 0.15) is 31.9 Å². The maximum atomic E-state index is 12.7. The lowest BCUT2D eigenvalue weighted by molar-refractivity contribution is 0.488. The van der Waals surface area contributed by atoms with E-state index in [9.17, 15) is 9.59 Å². The summed E-state index contributed by atoms with van der Waals surface area (Å²) in [5.74, 6) is 0.377. The largest absolute Gasteiger partial charge is 0.352 e. The molecule has 7 heteroatoms. The van der Waals surface area contributed by atoms with Crippen LogP contribution in [0, 0.1) is 0 Å². The Hall–Kier alpha value is -2.47. The zero-order valence-corrected chi connectivity index (χ0v) is 14.2. The number of fused-ring (bicyclic) bond motifs is 1. The van der Waals surface area contributed by atoms with Gasteiger partial charge in [0, 0.05) is 18.4 Å². The van der Waals surface area contributed by atoms with Gasteiger partial charge in [-0.3, -0.25) is 9.36 Å². The minimum atomic E-state index is -0.518. The van der Waals surface area contributed by atoms with Gasteiger partial charge in [0.2, 0.25) is 0 Å². The molecule has 124 valence electrons. The number of nitrogens with zero attached hydrogens (tertiary/aromatic N) is 4. The van der Waals surface area contributed by atoms with Crippen molar-refractivity contribution in [3.8, 4) is 11.4 Å². The minimum Gasteiger partial charge on any atom is -0.328 e. The van der Waals surface area contributed by atoms with Crippen molar-refractivity contribution in [1.82, 2.24) is 19.1 Å². The standard InChI is InChI=1S/C17H17ClN4O2/c1-3-11(2)22-16(23)13-5-4-8-21(15(13)20-17(22)24)10-12-6-7-14(18)19-9-12/h4-9,11H,3,10H2,1-2H3. The molecule has 0 radical (unpaired) electrons. The van der Waals surface area contributed by atoms with Gasteiger partial charge in [-0.1, -0.05) is 24.6 Å².